The van der Waals surface area contributed by atoms with Crippen LogP contribution in [0.2, 0.25) is 0 Å². The van der Waals surface area contributed by atoms with Crippen molar-refractivity contribution in [2.75, 3.05) is 13.2 Å². The Kier molecular flexibility index (Phi) is 3.85. The predicted molar refractivity (Wildman–Crippen MR) is 80.6 cm³/mol. The summed E-state index contributed by atoms with van der Waals surface area (Å²) in [6.07, 6.45) is 0. The average molecular weight is 287 g/mol. The Morgan fingerprint density at radius 3 is 2.30 bits per heavy atom. The Hall–Kier alpha value is -1.65. The molecule has 1 unspecified atom stereocenters. The van der Waals surface area contributed by atoms with Gasteiger partial charge in [-0.1, -0.05) is 23.9 Å². The lowest BCUT2D eigenvalue weighted by Gasteiger charge is -2.18. The molecule has 1 aliphatic rings. The van der Waals surface area contributed by atoms with Crippen molar-refractivity contribution in [3.8, 4) is 11.5 Å². The van der Waals surface area contributed by atoms with E-state index < -0.39 is 0 Å². The first-order valence-corrected chi connectivity index (χ1v) is 7.47. The Morgan fingerprint density at radius 1 is 0.950 bits per heavy atom. The predicted octanol–water partition coefficient (Wildman–Crippen LogP) is 3.63. The van der Waals surface area contributed by atoms with Gasteiger partial charge < -0.3 is 15.2 Å². The van der Waals surface area contributed by atoms with Gasteiger partial charge in [0.25, 0.3) is 0 Å². The monoisotopic (exact) mass is 287 g/mol. The van der Waals surface area contributed by atoms with E-state index in [0.29, 0.717) is 13.2 Å². The quantitative estimate of drug-likeness (QED) is 0.936. The Morgan fingerprint density at radius 2 is 1.60 bits per heavy atom. The maximum atomic E-state index is 5.86. The first-order chi connectivity index (χ1) is 9.72. The summed E-state index contributed by atoms with van der Waals surface area (Å²) < 4.78 is 11.1. The third-order valence-electron chi connectivity index (χ3n) is 3.16. The van der Waals surface area contributed by atoms with Gasteiger partial charge in [0.1, 0.15) is 13.2 Å². The van der Waals surface area contributed by atoms with E-state index in [0.717, 1.165) is 22.0 Å². The van der Waals surface area contributed by atoms with Crippen LogP contribution in [0, 0.1) is 0 Å². The summed E-state index contributed by atoms with van der Waals surface area (Å²) in [5, 5.41) is 0. The van der Waals surface area contributed by atoms with Crippen LogP contribution in [0.15, 0.2) is 52.3 Å². The zero-order chi connectivity index (χ0) is 13.9. The van der Waals surface area contributed by atoms with Gasteiger partial charge >= 0.3 is 0 Å². The molecule has 2 aromatic carbocycles. The van der Waals surface area contributed by atoms with Crippen molar-refractivity contribution in [3.63, 3.8) is 0 Å². The molecule has 0 radical (unpaired) electrons. The molecular weight excluding hydrogens is 270 g/mol. The summed E-state index contributed by atoms with van der Waals surface area (Å²) in [4.78, 5) is 2.33. The number of nitrogens with two attached hydrogens (primary N) is 1. The number of rotatable bonds is 3. The van der Waals surface area contributed by atoms with Crippen LogP contribution in [-0.2, 0) is 0 Å². The number of hydrogen-bond donors (Lipinski definition) is 1. The van der Waals surface area contributed by atoms with Crippen molar-refractivity contribution in [3.05, 3.63) is 48.0 Å². The summed E-state index contributed by atoms with van der Waals surface area (Å²) >= 11 is 1.70. The second kappa shape index (κ2) is 5.77. The SMILES string of the molecule is CC(N)c1ccc(Sc2ccc3c(c2)OCCO3)cc1. The Labute approximate surface area is 123 Å². The Bertz CT molecular complexity index is 596. The maximum Gasteiger partial charge on any atom is 0.162 e. The fraction of sp³-hybridized carbons (Fsp3) is 0.250. The topological polar surface area (TPSA) is 44.5 Å². The largest absolute Gasteiger partial charge is 0.486 e. The van der Waals surface area contributed by atoms with Gasteiger partial charge in [0.15, 0.2) is 11.5 Å². The van der Waals surface area contributed by atoms with Gasteiger partial charge in [-0.25, -0.2) is 0 Å². The standard InChI is InChI=1S/C16H17NO2S/c1-11(17)12-2-4-13(5-3-12)20-14-6-7-15-16(10-14)19-9-8-18-15/h2-7,10-11H,8-9,17H2,1H3. The minimum Gasteiger partial charge on any atom is -0.486 e. The lowest BCUT2D eigenvalue weighted by Crippen LogP contribution is -2.15. The van der Waals surface area contributed by atoms with E-state index in [9.17, 15) is 0 Å². The van der Waals surface area contributed by atoms with E-state index in [1.165, 1.54) is 4.90 Å². The second-order valence-electron chi connectivity index (χ2n) is 4.77. The molecule has 0 saturated carbocycles. The minimum absolute atomic E-state index is 0.0725. The molecule has 104 valence electrons. The third-order valence-corrected chi connectivity index (χ3v) is 4.15. The van der Waals surface area contributed by atoms with Gasteiger partial charge in [0.05, 0.1) is 0 Å². The highest BCUT2D eigenvalue weighted by Crippen LogP contribution is 2.36. The highest BCUT2D eigenvalue weighted by atomic mass is 32.2. The number of hydrogen-bond acceptors (Lipinski definition) is 4. The van der Waals surface area contributed by atoms with Crippen LogP contribution in [0.25, 0.3) is 0 Å². The molecule has 1 atom stereocenters. The summed E-state index contributed by atoms with van der Waals surface area (Å²) in [7, 11) is 0. The van der Waals surface area contributed by atoms with E-state index in [-0.39, 0.29) is 6.04 Å². The van der Waals surface area contributed by atoms with Crippen molar-refractivity contribution in [2.24, 2.45) is 5.73 Å². The molecular formula is C16H17NO2S. The molecule has 4 heteroatoms. The molecule has 2 N–H and O–H groups in total. The first kappa shape index (κ1) is 13.3. The molecule has 0 aliphatic carbocycles. The highest BCUT2D eigenvalue weighted by molar-refractivity contribution is 7.99. The van der Waals surface area contributed by atoms with Crippen LogP contribution in [0.1, 0.15) is 18.5 Å². The molecule has 3 nitrogen and oxygen atoms in total. The molecule has 0 spiro atoms. The van der Waals surface area contributed by atoms with Gasteiger partial charge in [-0.3, -0.25) is 0 Å². The fourth-order valence-electron chi connectivity index (χ4n) is 2.06. The maximum absolute atomic E-state index is 5.86. The van der Waals surface area contributed by atoms with Gasteiger partial charge in [-0.2, -0.15) is 0 Å². The van der Waals surface area contributed by atoms with Crippen LogP contribution >= 0.6 is 11.8 Å². The molecule has 0 fully saturated rings. The van der Waals surface area contributed by atoms with Crippen LogP contribution < -0.4 is 15.2 Å². The summed E-state index contributed by atoms with van der Waals surface area (Å²) in [6.45, 7) is 3.23. The summed E-state index contributed by atoms with van der Waals surface area (Å²) in [6, 6.07) is 14.5. The first-order valence-electron chi connectivity index (χ1n) is 6.65. The molecule has 2 aromatic rings. The molecule has 0 amide bonds. The van der Waals surface area contributed by atoms with Crippen molar-refractivity contribution in [1.29, 1.82) is 0 Å². The number of fused-ring (bicyclic) bond motifs is 1. The zero-order valence-electron chi connectivity index (χ0n) is 11.3. The lowest BCUT2D eigenvalue weighted by molar-refractivity contribution is 0.171. The smallest absolute Gasteiger partial charge is 0.162 e. The molecule has 0 saturated heterocycles. The van der Waals surface area contributed by atoms with Gasteiger partial charge in [0.2, 0.25) is 0 Å². The molecule has 0 bridgehead atoms. The number of benzene rings is 2. The lowest BCUT2D eigenvalue weighted by atomic mass is 10.1. The van der Waals surface area contributed by atoms with Crippen molar-refractivity contribution < 1.29 is 9.47 Å². The summed E-state index contributed by atoms with van der Waals surface area (Å²) in [5.74, 6) is 1.65. The molecule has 20 heavy (non-hydrogen) atoms. The highest BCUT2D eigenvalue weighted by Gasteiger charge is 2.12. The van der Waals surface area contributed by atoms with Crippen LogP contribution in [0.4, 0.5) is 0 Å². The van der Waals surface area contributed by atoms with E-state index in [1.54, 1.807) is 11.8 Å². The fourth-order valence-corrected chi connectivity index (χ4v) is 2.91. The van der Waals surface area contributed by atoms with Gasteiger partial charge in [-0.05, 0) is 42.8 Å². The van der Waals surface area contributed by atoms with E-state index in [4.69, 9.17) is 15.2 Å². The van der Waals surface area contributed by atoms with Crippen molar-refractivity contribution in [1.82, 2.24) is 0 Å². The number of ether oxygens (including phenoxy) is 2. The average Bonchev–Trinajstić information content (AvgIpc) is 2.48. The van der Waals surface area contributed by atoms with Gasteiger partial charge in [-0.15, -0.1) is 0 Å². The molecule has 3 rings (SSSR count). The van der Waals surface area contributed by atoms with Crippen molar-refractivity contribution >= 4 is 11.8 Å². The van der Waals surface area contributed by atoms with Crippen LogP contribution in [0.5, 0.6) is 11.5 Å². The molecule has 1 aliphatic heterocycles. The van der Waals surface area contributed by atoms with Gasteiger partial charge in [0, 0.05) is 15.8 Å². The second-order valence-corrected chi connectivity index (χ2v) is 5.91. The van der Waals surface area contributed by atoms with E-state index >= 15 is 0 Å². The summed E-state index contributed by atoms with van der Waals surface area (Å²) in [5.41, 5.74) is 7.00. The molecule has 1 heterocycles. The molecule has 0 aromatic heterocycles. The van der Waals surface area contributed by atoms with E-state index in [2.05, 4.69) is 30.3 Å². The zero-order valence-corrected chi connectivity index (χ0v) is 12.2. The normalized spacial score (nSPS) is 14.9. The van der Waals surface area contributed by atoms with Crippen LogP contribution in [0.3, 0.4) is 0 Å². The Balaban J connectivity index is 1.77. The third kappa shape index (κ3) is 2.92. The minimum atomic E-state index is 0.0725. The van der Waals surface area contributed by atoms with E-state index in [1.807, 2.05) is 19.1 Å². The van der Waals surface area contributed by atoms with Crippen molar-refractivity contribution in [2.45, 2.75) is 22.8 Å². The van der Waals surface area contributed by atoms with Crippen LogP contribution in [-0.4, -0.2) is 13.2 Å².